The zero-order valence-corrected chi connectivity index (χ0v) is 17.9. The first-order chi connectivity index (χ1) is 14.4. The average molecular weight is 443 g/mol. The van der Waals surface area contributed by atoms with Crippen molar-refractivity contribution >= 4 is 34.1 Å². The summed E-state index contributed by atoms with van der Waals surface area (Å²) in [5.41, 5.74) is 0.630. The number of aromatic nitrogens is 1. The quantitative estimate of drug-likeness (QED) is 0.712. The maximum Gasteiger partial charge on any atom is 0.159 e. The van der Waals surface area contributed by atoms with Crippen LogP contribution in [0, 0.1) is 34.5 Å². The van der Waals surface area contributed by atoms with E-state index < -0.39 is 6.10 Å². The Balaban J connectivity index is 1.94. The zero-order chi connectivity index (χ0) is 21.6. The van der Waals surface area contributed by atoms with Crippen molar-refractivity contribution in [1.82, 2.24) is 9.88 Å². The van der Waals surface area contributed by atoms with Crippen LogP contribution in [0.25, 0.3) is 10.9 Å². The van der Waals surface area contributed by atoms with Crippen molar-refractivity contribution < 1.29 is 9.84 Å². The van der Waals surface area contributed by atoms with E-state index in [2.05, 4.69) is 22.5 Å². The molecule has 154 valence electrons. The standard InChI is InChI=1S/C22H20Cl2N4O2/c1-3-11-10-28-5-4-12(11)6-17(28)21(29)18-13(8-25)16(9-26)27-15-7-14(23)22(30-2)20(24)19(15)18/h3,7,11-12,17,21,29H,1,4-6,10H2,2H3/t11-,12?,17-,21-/m0/s1. The number of halogens is 2. The summed E-state index contributed by atoms with van der Waals surface area (Å²) in [5.74, 6) is 1.07. The number of hydrogen-bond donors (Lipinski definition) is 1. The summed E-state index contributed by atoms with van der Waals surface area (Å²) in [7, 11) is 1.44. The summed E-state index contributed by atoms with van der Waals surface area (Å²) < 4.78 is 5.33. The number of nitriles is 2. The molecule has 0 aliphatic carbocycles. The van der Waals surface area contributed by atoms with Gasteiger partial charge in [0.2, 0.25) is 0 Å². The van der Waals surface area contributed by atoms with Gasteiger partial charge in [0.15, 0.2) is 11.4 Å². The average Bonchev–Trinajstić information content (AvgIpc) is 2.77. The van der Waals surface area contributed by atoms with Crippen LogP contribution < -0.4 is 4.74 Å². The van der Waals surface area contributed by atoms with Crippen molar-refractivity contribution in [2.24, 2.45) is 11.8 Å². The summed E-state index contributed by atoms with van der Waals surface area (Å²) in [6.45, 7) is 5.63. The van der Waals surface area contributed by atoms with Gasteiger partial charge in [-0.3, -0.25) is 4.90 Å². The number of ether oxygens (including phenoxy) is 1. The number of aliphatic hydroxyl groups excluding tert-OH is 1. The maximum absolute atomic E-state index is 11.5. The Morgan fingerprint density at radius 2 is 2.17 bits per heavy atom. The SMILES string of the molecule is C=C[C@H]1CN2CCC1C[C@H]2[C@H](O)c1c(C#N)c(C#N)nc2cc(Cl)c(OC)c(Cl)c12. The largest absolute Gasteiger partial charge is 0.494 e. The number of aliphatic hydroxyl groups is 1. The van der Waals surface area contributed by atoms with Gasteiger partial charge in [-0.2, -0.15) is 10.5 Å². The van der Waals surface area contributed by atoms with E-state index in [1.165, 1.54) is 7.11 Å². The molecule has 0 amide bonds. The Morgan fingerprint density at radius 1 is 1.40 bits per heavy atom. The summed E-state index contributed by atoms with van der Waals surface area (Å²) >= 11 is 12.9. The molecule has 1 N–H and O–H groups in total. The maximum atomic E-state index is 11.5. The topological polar surface area (TPSA) is 93.2 Å². The molecule has 3 aliphatic heterocycles. The van der Waals surface area contributed by atoms with Crippen LogP contribution in [0.2, 0.25) is 10.0 Å². The molecule has 8 heteroatoms. The van der Waals surface area contributed by atoms with Crippen molar-refractivity contribution in [3.63, 3.8) is 0 Å². The minimum atomic E-state index is -1.02. The smallest absolute Gasteiger partial charge is 0.159 e. The van der Waals surface area contributed by atoms with Crippen LogP contribution in [0.1, 0.15) is 35.8 Å². The van der Waals surface area contributed by atoms with Crippen molar-refractivity contribution in [3.05, 3.63) is 45.6 Å². The molecular weight excluding hydrogens is 423 g/mol. The highest BCUT2D eigenvalue weighted by Gasteiger charge is 2.43. The second-order valence-corrected chi connectivity index (χ2v) is 8.55. The van der Waals surface area contributed by atoms with Gasteiger partial charge in [0, 0.05) is 23.5 Å². The monoisotopic (exact) mass is 442 g/mol. The van der Waals surface area contributed by atoms with Crippen LogP contribution in [0.15, 0.2) is 18.7 Å². The molecule has 1 aromatic heterocycles. The predicted octanol–water partition coefficient (Wildman–Crippen LogP) is 4.22. The molecule has 2 bridgehead atoms. The third-order valence-electron chi connectivity index (χ3n) is 6.40. The van der Waals surface area contributed by atoms with E-state index in [0.717, 1.165) is 25.9 Å². The number of benzene rings is 1. The fourth-order valence-electron chi connectivity index (χ4n) is 4.94. The van der Waals surface area contributed by atoms with Gasteiger partial charge in [-0.1, -0.05) is 29.3 Å². The lowest BCUT2D eigenvalue weighted by molar-refractivity contribution is -0.0445. The Bertz CT molecular complexity index is 1120. The Labute approximate surface area is 184 Å². The van der Waals surface area contributed by atoms with Gasteiger partial charge < -0.3 is 9.84 Å². The van der Waals surface area contributed by atoms with E-state index >= 15 is 0 Å². The molecule has 4 heterocycles. The van der Waals surface area contributed by atoms with Gasteiger partial charge in [0.1, 0.15) is 12.1 Å². The minimum Gasteiger partial charge on any atom is -0.494 e. The van der Waals surface area contributed by atoms with E-state index in [1.807, 2.05) is 12.1 Å². The molecule has 5 rings (SSSR count). The van der Waals surface area contributed by atoms with Gasteiger partial charge in [-0.15, -0.1) is 6.58 Å². The van der Waals surface area contributed by atoms with E-state index in [9.17, 15) is 15.6 Å². The molecule has 0 spiro atoms. The molecule has 30 heavy (non-hydrogen) atoms. The van der Waals surface area contributed by atoms with E-state index in [1.54, 1.807) is 6.07 Å². The third-order valence-corrected chi connectivity index (χ3v) is 7.04. The van der Waals surface area contributed by atoms with E-state index in [4.69, 9.17) is 27.9 Å². The van der Waals surface area contributed by atoms with Crippen LogP contribution in [0.3, 0.4) is 0 Å². The second kappa shape index (κ2) is 8.06. The van der Waals surface area contributed by atoms with Crippen molar-refractivity contribution in [2.75, 3.05) is 20.2 Å². The molecule has 2 unspecified atom stereocenters. The molecule has 3 aliphatic rings. The normalized spacial score (nSPS) is 26.1. The molecular formula is C22H20Cl2N4O2. The molecule has 6 nitrogen and oxygen atoms in total. The number of nitrogens with zero attached hydrogens (tertiary/aromatic N) is 4. The molecule has 0 radical (unpaired) electrons. The highest BCUT2D eigenvalue weighted by molar-refractivity contribution is 6.41. The van der Waals surface area contributed by atoms with Crippen LogP contribution >= 0.6 is 23.2 Å². The number of methoxy groups -OCH3 is 1. The molecule has 1 aromatic carbocycles. The Kier molecular flexibility index (Phi) is 5.61. The lowest BCUT2D eigenvalue weighted by Crippen LogP contribution is -2.55. The molecule has 3 fully saturated rings. The number of hydrogen-bond acceptors (Lipinski definition) is 6. The van der Waals surface area contributed by atoms with E-state index in [-0.39, 0.29) is 33.1 Å². The summed E-state index contributed by atoms with van der Waals surface area (Å²) in [6, 6.07) is 5.37. The van der Waals surface area contributed by atoms with Gasteiger partial charge >= 0.3 is 0 Å². The fourth-order valence-corrected chi connectivity index (χ4v) is 5.64. The number of fused-ring (bicyclic) bond motifs is 4. The first-order valence-corrected chi connectivity index (χ1v) is 10.4. The number of pyridine rings is 1. The second-order valence-electron chi connectivity index (χ2n) is 7.76. The predicted molar refractivity (Wildman–Crippen MR) is 114 cm³/mol. The summed E-state index contributed by atoms with van der Waals surface area (Å²) in [4.78, 5) is 6.51. The Morgan fingerprint density at radius 3 is 2.73 bits per heavy atom. The van der Waals surface area contributed by atoms with Crippen molar-refractivity contribution in [2.45, 2.75) is 25.0 Å². The summed E-state index contributed by atoms with van der Waals surface area (Å²) in [5, 5.41) is 31.7. The molecule has 2 aromatic rings. The van der Waals surface area contributed by atoms with Crippen LogP contribution in [0.5, 0.6) is 5.75 Å². The highest BCUT2D eigenvalue weighted by atomic mass is 35.5. The van der Waals surface area contributed by atoms with Gasteiger partial charge in [0.25, 0.3) is 0 Å². The zero-order valence-electron chi connectivity index (χ0n) is 16.4. The fraction of sp³-hybridized carbons (Fsp3) is 0.409. The highest BCUT2D eigenvalue weighted by Crippen LogP contribution is 2.46. The van der Waals surface area contributed by atoms with Crippen molar-refractivity contribution in [3.8, 4) is 17.9 Å². The number of rotatable bonds is 4. The minimum absolute atomic E-state index is 0.0340. The van der Waals surface area contributed by atoms with Crippen LogP contribution in [-0.2, 0) is 0 Å². The van der Waals surface area contributed by atoms with Crippen LogP contribution in [-0.4, -0.2) is 41.2 Å². The van der Waals surface area contributed by atoms with Crippen LogP contribution in [0.4, 0.5) is 0 Å². The van der Waals surface area contributed by atoms with E-state index in [0.29, 0.717) is 28.3 Å². The first kappa shape index (κ1) is 20.9. The van der Waals surface area contributed by atoms with Gasteiger partial charge in [-0.05, 0) is 37.3 Å². The Hall–Kier alpha value is -2.35. The lowest BCUT2D eigenvalue weighted by atomic mass is 9.73. The van der Waals surface area contributed by atoms with Crippen molar-refractivity contribution in [1.29, 1.82) is 10.5 Å². The number of piperidine rings is 3. The third kappa shape index (κ3) is 3.12. The summed E-state index contributed by atoms with van der Waals surface area (Å²) in [6.07, 6.45) is 2.79. The molecule has 0 saturated carbocycles. The molecule has 3 saturated heterocycles. The lowest BCUT2D eigenvalue weighted by Gasteiger charge is -2.50. The van der Waals surface area contributed by atoms with Gasteiger partial charge in [-0.25, -0.2) is 4.98 Å². The molecule has 5 atom stereocenters. The van der Waals surface area contributed by atoms with Gasteiger partial charge in [0.05, 0.1) is 34.3 Å². The first-order valence-electron chi connectivity index (χ1n) is 9.69.